The standard InChI is InChI=1S/C39H46FN4O8P/c1-26(2)44(27(3)4)53(50-24-10-22-41)52-36-33(51-37(35(36)40)43-23-21-34(45)42-38(43)46)25-49-39(28-11-8-7-9-12-28,29-13-17-31(47-5)18-14-29)30-15-19-32(48-6)20-16-30/h7-9,11-21,23,26-27,33,35-37H,10,24-25H2,1-6H3,(H,42,45,46)/t33-,35-,36-,37-,53?/m1/s1/i25D2. The first kappa shape index (κ1) is 36.9. The molecule has 1 unspecified atom stereocenters. The summed E-state index contributed by atoms with van der Waals surface area (Å²) in [4.78, 5) is 27.1. The molecule has 0 amide bonds. The van der Waals surface area contributed by atoms with Gasteiger partial charge in [-0.2, -0.15) is 5.26 Å². The summed E-state index contributed by atoms with van der Waals surface area (Å²) in [6, 6.07) is 25.6. The van der Waals surface area contributed by atoms with E-state index in [0.717, 1.165) is 16.8 Å². The summed E-state index contributed by atoms with van der Waals surface area (Å²) in [5, 5.41) is 9.27. The van der Waals surface area contributed by atoms with Gasteiger partial charge in [0.25, 0.3) is 14.1 Å². The van der Waals surface area contributed by atoms with E-state index in [1.807, 2.05) is 44.5 Å². The lowest BCUT2D eigenvalue weighted by molar-refractivity contribution is -0.0934. The minimum atomic E-state index is -2.89. The van der Waals surface area contributed by atoms with Gasteiger partial charge in [0.05, 0.1) is 42.6 Å². The monoisotopic (exact) mass is 750 g/mol. The van der Waals surface area contributed by atoms with Crippen molar-refractivity contribution in [3.05, 3.63) is 129 Å². The molecule has 3 aromatic carbocycles. The van der Waals surface area contributed by atoms with Gasteiger partial charge in [-0.15, -0.1) is 0 Å². The summed E-state index contributed by atoms with van der Waals surface area (Å²) >= 11 is 0. The van der Waals surface area contributed by atoms with Gasteiger partial charge in [-0.1, -0.05) is 54.6 Å². The SMILES string of the molecule is [2H]C([2H])(OC(c1ccccc1)(c1ccc(OC)cc1)c1ccc(OC)cc1)[C@H]1O[C@@H](n2ccc(=O)[nH]c2=O)[C@H](F)[C@@H]1OP(OCCC#N)N(C(C)C)C(C)C. The van der Waals surface area contributed by atoms with Crippen molar-refractivity contribution in [3.8, 4) is 17.6 Å². The lowest BCUT2D eigenvalue weighted by atomic mass is 9.80. The molecule has 1 fully saturated rings. The van der Waals surface area contributed by atoms with E-state index < -0.39 is 56.5 Å². The highest BCUT2D eigenvalue weighted by molar-refractivity contribution is 7.44. The Morgan fingerprint density at radius 3 is 2.02 bits per heavy atom. The molecule has 53 heavy (non-hydrogen) atoms. The highest BCUT2D eigenvalue weighted by Crippen LogP contribution is 2.51. The third kappa shape index (κ3) is 8.87. The fourth-order valence-electron chi connectivity index (χ4n) is 6.23. The molecule has 1 aliphatic heterocycles. The zero-order valence-electron chi connectivity index (χ0n) is 32.5. The zero-order valence-corrected chi connectivity index (χ0v) is 31.4. The number of nitrogens with one attached hydrogen (secondary N) is 1. The molecule has 1 saturated heterocycles. The van der Waals surface area contributed by atoms with Crippen molar-refractivity contribution < 1.29 is 35.1 Å². The minimum absolute atomic E-state index is 0.0263. The molecule has 1 aromatic heterocycles. The molecule has 2 heterocycles. The fourth-order valence-corrected chi connectivity index (χ4v) is 7.97. The number of alkyl halides is 1. The van der Waals surface area contributed by atoms with Crippen LogP contribution in [0.25, 0.3) is 0 Å². The fraction of sp³-hybridized carbons (Fsp3) is 0.410. The Hall–Kier alpha value is -4.41. The van der Waals surface area contributed by atoms with Crippen molar-refractivity contribution in [2.45, 2.75) is 76.4 Å². The van der Waals surface area contributed by atoms with Crippen LogP contribution in [0.3, 0.4) is 0 Å². The van der Waals surface area contributed by atoms with Crippen molar-refractivity contribution in [2.75, 3.05) is 27.4 Å². The Balaban J connectivity index is 1.70. The van der Waals surface area contributed by atoms with E-state index in [9.17, 15) is 17.6 Å². The lowest BCUT2D eigenvalue weighted by Gasteiger charge is -2.39. The molecular formula is C39H46FN4O8P. The average Bonchev–Trinajstić information content (AvgIpc) is 3.49. The predicted octanol–water partition coefficient (Wildman–Crippen LogP) is 6.46. The van der Waals surface area contributed by atoms with Gasteiger partial charge in [-0.3, -0.25) is 14.3 Å². The first-order valence-corrected chi connectivity index (χ1v) is 18.3. The first-order chi connectivity index (χ1) is 26.3. The minimum Gasteiger partial charge on any atom is -0.497 e. The summed E-state index contributed by atoms with van der Waals surface area (Å²) in [5.41, 5.74) is -1.84. The summed E-state index contributed by atoms with van der Waals surface area (Å²) in [5.74, 6) is 1.10. The van der Waals surface area contributed by atoms with Gasteiger partial charge in [0.2, 0.25) is 0 Å². The maximum absolute atomic E-state index is 17.1. The number of hydrogen-bond acceptors (Lipinski definition) is 10. The number of H-pyrrole nitrogens is 1. The van der Waals surface area contributed by atoms with Gasteiger partial charge in [-0.05, 0) is 68.7 Å². The van der Waals surface area contributed by atoms with Crippen molar-refractivity contribution in [3.63, 3.8) is 0 Å². The average molecular weight is 751 g/mol. The normalized spacial score (nSPS) is 20.2. The Kier molecular flexibility index (Phi) is 12.6. The van der Waals surface area contributed by atoms with Crippen LogP contribution >= 0.6 is 8.53 Å². The largest absolute Gasteiger partial charge is 0.497 e. The van der Waals surface area contributed by atoms with Gasteiger partial charge in [0.1, 0.15) is 29.3 Å². The molecule has 0 radical (unpaired) electrons. The molecule has 1 aliphatic rings. The van der Waals surface area contributed by atoms with Crippen LogP contribution in [0.5, 0.6) is 11.5 Å². The van der Waals surface area contributed by atoms with Crippen molar-refractivity contribution in [1.82, 2.24) is 14.2 Å². The smallest absolute Gasteiger partial charge is 0.330 e. The number of nitriles is 1. The van der Waals surface area contributed by atoms with E-state index in [0.29, 0.717) is 28.2 Å². The van der Waals surface area contributed by atoms with E-state index in [1.54, 1.807) is 72.8 Å². The number of aromatic nitrogens is 2. The number of nitrogens with zero attached hydrogens (tertiary/aromatic N) is 3. The summed E-state index contributed by atoms with van der Waals surface area (Å²) < 4.78 is 75.7. The Bertz CT molecular complexity index is 1960. The van der Waals surface area contributed by atoms with E-state index >= 15 is 4.39 Å². The number of methoxy groups -OCH3 is 2. The number of hydrogen-bond donors (Lipinski definition) is 1. The Labute approximate surface area is 312 Å². The topological polar surface area (TPSA) is 137 Å². The maximum Gasteiger partial charge on any atom is 0.330 e. The van der Waals surface area contributed by atoms with E-state index in [1.165, 1.54) is 14.2 Å². The summed E-state index contributed by atoms with van der Waals surface area (Å²) in [7, 11) is 0.931. The van der Waals surface area contributed by atoms with Crippen LogP contribution in [0.2, 0.25) is 0 Å². The summed E-state index contributed by atoms with van der Waals surface area (Å²) in [6.45, 7) is 4.70. The number of halogens is 1. The van der Waals surface area contributed by atoms with Crippen molar-refractivity contribution in [1.29, 1.82) is 5.26 Å². The first-order valence-electron chi connectivity index (χ1n) is 18.2. The molecule has 4 aromatic rings. The van der Waals surface area contributed by atoms with E-state index in [2.05, 4.69) is 4.98 Å². The highest BCUT2D eigenvalue weighted by Gasteiger charge is 2.51. The third-order valence-electron chi connectivity index (χ3n) is 8.67. The van der Waals surface area contributed by atoms with Crippen molar-refractivity contribution >= 4 is 8.53 Å². The molecule has 1 N–H and O–H groups in total. The maximum atomic E-state index is 17.1. The van der Waals surface area contributed by atoms with Crippen LogP contribution < -0.4 is 20.7 Å². The van der Waals surface area contributed by atoms with Crippen LogP contribution in [-0.4, -0.2) is 72.1 Å². The molecule has 0 bridgehead atoms. The quantitative estimate of drug-likeness (QED) is 0.0728. The van der Waals surface area contributed by atoms with Crippen molar-refractivity contribution in [2.24, 2.45) is 0 Å². The summed E-state index contributed by atoms with van der Waals surface area (Å²) in [6.07, 6.45) is -6.38. The Morgan fingerprint density at radius 2 is 1.51 bits per heavy atom. The Morgan fingerprint density at radius 1 is 0.943 bits per heavy atom. The number of aromatic amines is 1. The second-order valence-corrected chi connectivity index (χ2v) is 14.2. The zero-order chi connectivity index (χ0) is 39.9. The van der Waals surface area contributed by atoms with E-state index in [4.69, 9.17) is 28.0 Å². The molecule has 0 saturated carbocycles. The lowest BCUT2D eigenvalue weighted by Crippen LogP contribution is -2.41. The number of ether oxygens (including phenoxy) is 4. The second-order valence-electron chi connectivity index (χ2n) is 12.7. The molecule has 282 valence electrons. The van der Waals surface area contributed by atoms with E-state index in [-0.39, 0.29) is 25.1 Å². The molecule has 5 rings (SSSR count). The third-order valence-corrected chi connectivity index (χ3v) is 10.8. The number of rotatable bonds is 17. The van der Waals surface area contributed by atoms with Gasteiger partial charge in [0, 0.05) is 24.3 Å². The predicted molar refractivity (Wildman–Crippen MR) is 198 cm³/mol. The van der Waals surface area contributed by atoms with Gasteiger partial charge in [-0.25, -0.2) is 13.9 Å². The molecular weight excluding hydrogens is 702 g/mol. The van der Waals surface area contributed by atoms with Gasteiger partial charge >= 0.3 is 5.69 Å². The van der Waals surface area contributed by atoms with Crippen LogP contribution in [0, 0.1) is 11.3 Å². The number of benzene rings is 3. The van der Waals surface area contributed by atoms with Crippen LogP contribution in [0.4, 0.5) is 4.39 Å². The van der Waals surface area contributed by atoms with Crippen LogP contribution in [-0.2, 0) is 24.1 Å². The second kappa shape index (κ2) is 18.1. The van der Waals surface area contributed by atoms with Gasteiger partial charge < -0.3 is 28.0 Å². The van der Waals surface area contributed by atoms with Gasteiger partial charge in [0.15, 0.2) is 12.4 Å². The van der Waals surface area contributed by atoms with Crippen LogP contribution in [0.1, 0.15) is 59.8 Å². The molecule has 0 spiro atoms. The molecule has 12 nitrogen and oxygen atoms in total. The molecule has 14 heteroatoms. The molecule has 0 aliphatic carbocycles. The molecule has 5 atom stereocenters. The van der Waals surface area contributed by atoms with Crippen LogP contribution in [0.15, 0.2) is 101 Å². The highest BCUT2D eigenvalue weighted by atomic mass is 31.2.